The van der Waals surface area contributed by atoms with Crippen molar-refractivity contribution in [3.05, 3.63) is 204 Å². The Kier molecular flexibility index (Phi) is 17.0. The first-order chi connectivity index (χ1) is 26.4. The normalized spacial score (nSPS) is 18.3. The Bertz CT molecular complexity index is 2110. The molecule has 0 saturated heterocycles. The Morgan fingerprint density at radius 1 is 0.870 bits per heavy atom. The van der Waals surface area contributed by atoms with Crippen LogP contribution in [0.4, 0.5) is 0 Å². The standard InChI is InChI=1S/C47H46NOP.2C2H6/c1-7-12-14-24-38(11-5)47(39(20-8-2)35-48-6)45-29-18-17-28-43(45)44-34-37(31-33-46(44)47)36-23-19-27-42(32-30-36)50(49,40(21-9-3)22-10-4)41-25-15-13-16-26-41;2*1-2/h5,7-10,12-26,28-35,38,48H,3,27H2,1-2,4,6H3;2*1-2H3/b12-7-,20-8-,22-10-,24-14-,39-35+,40-21+;;. The molecule has 2 nitrogen and oxygen atoms in total. The van der Waals surface area contributed by atoms with Gasteiger partial charge in [-0.3, -0.25) is 0 Å². The van der Waals surface area contributed by atoms with Crippen LogP contribution in [-0.2, 0) is 9.98 Å². The van der Waals surface area contributed by atoms with Crippen LogP contribution < -0.4 is 10.6 Å². The number of nitrogens with one attached hydrogen (secondary N) is 1. The van der Waals surface area contributed by atoms with Crippen molar-refractivity contribution in [3.8, 4) is 23.5 Å². The highest BCUT2D eigenvalue weighted by atomic mass is 31.2. The molecule has 0 fully saturated rings. The average molecular weight is 732 g/mol. The molecule has 0 aliphatic heterocycles. The number of terminal acetylenes is 1. The Morgan fingerprint density at radius 2 is 1.56 bits per heavy atom. The Hall–Kier alpha value is -5.35. The van der Waals surface area contributed by atoms with E-state index in [1.807, 2.05) is 116 Å². The van der Waals surface area contributed by atoms with Gasteiger partial charge in [-0.2, -0.15) is 0 Å². The third-order valence-electron chi connectivity index (χ3n) is 9.37. The molecule has 3 heteroatoms. The van der Waals surface area contributed by atoms with Gasteiger partial charge in [-0.25, -0.2) is 0 Å². The SMILES string of the molecule is C#CC(/C=C\C=C/C)C1(C(/C=C\C)=C/NC)c2ccccc2-c2cc(C3=CC=C(P(=O)(C(/C=C\C)=C/C=C)c4ccccc4)CC=C3)ccc21.CC.CC. The predicted molar refractivity (Wildman–Crippen MR) is 240 cm³/mol. The summed E-state index contributed by atoms with van der Waals surface area (Å²) in [6.07, 6.45) is 37.5. The van der Waals surface area contributed by atoms with E-state index >= 15 is 4.57 Å². The zero-order valence-electron chi connectivity index (χ0n) is 33.5. The molecule has 278 valence electrons. The third-order valence-corrected chi connectivity index (χ3v) is 12.6. The van der Waals surface area contributed by atoms with Gasteiger partial charge in [-0.15, -0.1) is 6.42 Å². The summed E-state index contributed by atoms with van der Waals surface area (Å²) in [6, 6.07) is 25.2. The van der Waals surface area contributed by atoms with Crippen molar-refractivity contribution >= 4 is 18.0 Å². The number of allylic oxidation sites excluding steroid dienone is 18. The molecule has 3 aromatic carbocycles. The van der Waals surface area contributed by atoms with Gasteiger partial charge in [-0.1, -0.05) is 192 Å². The van der Waals surface area contributed by atoms with Gasteiger partial charge in [0.1, 0.15) is 0 Å². The Balaban J connectivity index is 0.00000190. The molecule has 0 spiro atoms. The first-order valence-corrected chi connectivity index (χ1v) is 20.9. The van der Waals surface area contributed by atoms with Crippen molar-refractivity contribution in [3.63, 3.8) is 0 Å². The lowest BCUT2D eigenvalue weighted by atomic mass is 9.63. The largest absolute Gasteiger partial charge is 0.394 e. The summed E-state index contributed by atoms with van der Waals surface area (Å²) in [5.41, 5.74) is 7.30. The average Bonchev–Trinajstić information content (AvgIpc) is 3.32. The lowest BCUT2D eigenvalue weighted by molar-refractivity contribution is 0.546. The minimum atomic E-state index is -3.14. The molecule has 2 aliphatic rings. The van der Waals surface area contributed by atoms with E-state index in [0.29, 0.717) is 6.42 Å². The minimum Gasteiger partial charge on any atom is -0.394 e. The topological polar surface area (TPSA) is 29.1 Å². The highest BCUT2D eigenvalue weighted by molar-refractivity contribution is 7.79. The van der Waals surface area contributed by atoms with Crippen LogP contribution in [0.1, 0.15) is 71.6 Å². The van der Waals surface area contributed by atoms with Crippen LogP contribution in [-0.4, -0.2) is 7.05 Å². The molecule has 0 amide bonds. The van der Waals surface area contributed by atoms with Crippen LogP contribution in [0, 0.1) is 18.3 Å². The van der Waals surface area contributed by atoms with Crippen LogP contribution in [0.5, 0.6) is 0 Å². The fourth-order valence-corrected chi connectivity index (χ4v) is 10.2. The van der Waals surface area contributed by atoms with Crippen molar-refractivity contribution in [2.45, 2.75) is 60.3 Å². The quantitative estimate of drug-likeness (QED) is 0.114. The van der Waals surface area contributed by atoms with E-state index in [1.165, 1.54) is 16.7 Å². The molecule has 0 heterocycles. The third kappa shape index (κ3) is 8.55. The summed E-state index contributed by atoms with van der Waals surface area (Å²) < 4.78 is 15.2. The maximum absolute atomic E-state index is 15.2. The van der Waals surface area contributed by atoms with Crippen LogP contribution >= 0.6 is 7.14 Å². The predicted octanol–water partition coefficient (Wildman–Crippen LogP) is 13.6. The zero-order valence-corrected chi connectivity index (χ0v) is 34.4. The lowest BCUT2D eigenvalue weighted by Crippen LogP contribution is -2.35. The zero-order chi connectivity index (χ0) is 39.6. The van der Waals surface area contributed by atoms with E-state index < -0.39 is 12.6 Å². The Labute approximate surface area is 327 Å². The fraction of sp³-hybridized carbons (Fsp3) is 0.216. The van der Waals surface area contributed by atoms with E-state index in [1.54, 1.807) is 6.08 Å². The van der Waals surface area contributed by atoms with E-state index in [0.717, 1.165) is 38.2 Å². The summed E-state index contributed by atoms with van der Waals surface area (Å²) in [5.74, 6) is 2.92. The van der Waals surface area contributed by atoms with E-state index in [2.05, 4.69) is 115 Å². The molecule has 0 radical (unpaired) electrons. The molecular formula is C51H58NOP. The molecule has 5 rings (SSSR count). The maximum atomic E-state index is 15.2. The van der Waals surface area contributed by atoms with Gasteiger partial charge in [0.25, 0.3) is 0 Å². The van der Waals surface area contributed by atoms with Crippen molar-refractivity contribution in [2.24, 2.45) is 5.92 Å². The first-order valence-electron chi connectivity index (χ1n) is 19.2. The van der Waals surface area contributed by atoms with Gasteiger partial charge in [0.05, 0.1) is 11.3 Å². The molecule has 2 aliphatic carbocycles. The molecule has 0 aromatic heterocycles. The van der Waals surface area contributed by atoms with E-state index in [-0.39, 0.29) is 5.92 Å². The van der Waals surface area contributed by atoms with Gasteiger partial charge in [-0.05, 0) is 72.2 Å². The lowest BCUT2D eigenvalue weighted by Gasteiger charge is -2.37. The fourth-order valence-electron chi connectivity index (χ4n) is 7.28. The highest BCUT2D eigenvalue weighted by Gasteiger charge is 2.49. The number of benzene rings is 3. The van der Waals surface area contributed by atoms with Gasteiger partial charge >= 0.3 is 0 Å². The van der Waals surface area contributed by atoms with E-state index in [9.17, 15) is 0 Å². The number of hydrogen-bond acceptors (Lipinski definition) is 2. The van der Waals surface area contributed by atoms with Crippen molar-refractivity contribution in [1.29, 1.82) is 0 Å². The number of hydrogen-bond donors (Lipinski definition) is 1. The monoisotopic (exact) mass is 731 g/mol. The summed E-state index contributed by atoms with van der Waals surface area (Å²) in [5, 5.41) is 5.76. The van der Waals surface area contributed by atoms with Gasteiger partial charge < -0.3 is 9.88 Å². The van der Waals surface area contributed by atoms with Crippen LogP contribution in [0.25, 0.3) is 16.7 Å². The van der Waals surface area contributed by atoms with Crippen LogP contribution in [0.15, 0.2) is 187 Å². The second kappa shape index (κ2) is 21.4. The molecule has 54 heavy (non-hydrogen) atoms. The summed E-state index contributed by atoms with van der Waals surface area (Å²) >= 11 is 0. The van der Waals surface area contributed by atoms with Gasteiger partial charge in [0, 0.05) is 29.2 Å². The smallest absolute Gasteiger partial charge is 0.167 e. The first kappa shape index (κ1) is 43.1. The molecule has 3 unspecified atom stereocenters. The second-order valence-corrected chi connectivity index (χ2v) is 15.0. The van der Waals surface area contributed by atoms with Crippen LogP contribution in [0.3, 0.4) is 0 Å². The van der Waals surface area contributed by atoms with Crippen molar-refractivity contribution in [2.75, 3.05) is 7.05 Å². The maximum Gasteiger partial charge on any atom is 0.167 e. The molecule has 3 atom stereocenters. The molecule has 1 N–H and O–H groups in total. The van der Waals surface area contributed by atoms with Crippen LogP contribution in [0.2, 0.25) is 0 Å². The molecular weight excluding hydrogens is 674 g/mol. The molecule has 0 saturated carbocycles. The molecule has 3 aromatic rings. The van der Waals surface area contributed by atoms with E-state index in [4.69, 9.17) is 6.42 Å². The summed E-state index contributed by atoms with van der Waals surface area (Å²) in [6.45, 7) is 17.9. The number of rotatable bonds is 12. The second-order valence-electron chi connectivity index (χ2n) is 12.2. The number of fused-ring (bicyclic) bond motifs is 3. The summed E-state index contributed by atoms with van der Waals surface area (Å²) in [7, 11) is -1.21. The molecule has 0 bridgehead atoms. The highest BCUT2D eigenvalue weighted by Crippen LogP contribution is 2.62. The Morgan fingerprint density at radius 3 is 2.20 bits per heavy atom. The van der Waals surface area contributed by atoms with Crippen molar-refractivity contribution < 1.29 is 4.57 Å². The van der Waals surface area contributed by atoms with Gasteiger partial charge in [0.15, 0.2) is 7.14 Å². The minimum absolute atomic E-state index is 0.257. The van der Waals surface area contributed by atoms with Gasteiger partial charge in [0.2, 0.25) is 0 Å². The summed E-state index contributed by atoms with van der Waals surface area (Å²) in [4.78, 5) is 0. The van der Waals surface area contributed by atoms with Crippen molar-refractivity contribution in [1.82, 2.24) is 5.32 Å².